The fourth-order valence-electron chi connectivity index (χ4n) is 2.47. The van der Waals surface area contributed by atoms with Gasteiger partial charge in [-0.05, 0) is 12.5 Å². The summed E-state index contributed by atoms with van der Waals surface area (Å²) in [6.45, 7) is 0.591. The van der Waals surface area contributed by atoms with Gasteiger partial charge < -0.3 is 4.74 Å². The molecule has 1 saturated heterocycles. The highest BCUT2D eigenvalue weighted by Gasteiger charge is 2.33. The van der Waals surface area contributed by atoms with Gasteiger partial charge in [0.05, 0.1) is 12.3 Å². The van der Waals surface area contributed by atoms with E-state index in [2.05, 4.69) is 9.97 Å². The fraction of sp³-hybridized carbons (Fsp3) is 0.333. The number of hydrogen-bond donors (Lipinski definition) is 0. The highest BCUT2D eigenvalue weighted by molar-refractivity contribution is 7.88. The van der Waals surface area contributed by atoms with Crippen LogP contribution >= 0.6 is 0 Å². The van der Waals surface area contributed by atoms with Gasteiger partial charge in [-0.1, -0.05) is 18.2 Å². The van der Waals surface area contributed by atoms with Crippen LogP contribution in [-0.2, 0) is 15.8 Å². The summed E-state index contributed by atoms with van der Waals surface area (Å²) in [5.74, 6) is -0.442. The molecule has 0 N–H and O–H groups in total. The molecule has 1 atom stereocenters. The van der Waals surface area contributed by atoms with Crippen molar-refractivity contribution in [2.75, 3.05) is 13.1 Å². The SMILES string of the molecule is O=S(=O)(Cc1ccccc1F)N1CC[C@@H](Oc2ccncn2)C1. The zero-order chi connectivity index (χ0) is 16.3. The van der Waals surface area contributed by atoms with Crippen LogP contribution in [0.25, 0.3) is 0 Å². The van der Waals surface area contributed by atoms with Crippen LogP contribution in [0.3, 0.4) is 0 Å². The molecule has 3 rings (SSSR count). The Labute approximate surface area is 134 Å². The molecule has 2 aromatic rings. The van der Waals surface area contributed by atoms with Gasteiger partial charge in [-0.15, -0.1) is 0 Å². The molecule has 0 spiro atoms. The molecular weight excluding hydrogens is 321 g/mol. The Balaban J connectivity index is 1.65. The zero-order valence-electron chi connectivity index (χ0n) is 12.3. The molecule has 122 valence electrons. The first kappa shape index (κ1) is 15.8. The molecule has 0 amide bonds. The summed E-state index contributed by atoms with van der Waals surface area (Å²) in [5.41, 5.74) is 0.174. The Morgan fingerprint density at radius 2 is 2.13 bits per heavy atom. The molecular formula is C15H16FN3O3S. The number of sulfonamides is 1. The van der Waals surface area contributed by atoms with Gasteiger partial charge in [-0.2, -0.15) is 4.31 Å². The van der Waals surface area contributed by atoms with Crippen LogP contribution in [0.4, 0.5) is 4.39 Å². The van der Waals surface area contributed by atoms with Crippen LogP contribution in [0, 0.1) is 5.82 Å². The number of hydrogen-bond acceptors (Lipinski definition) is 5. The topological polar surface area (TPSA) is 72.4 Å². The molecule has 6 nitrogen and oxygen atoms in total. The molecule has 1 aromatic heterocycles. The Kier molecular flexibility index (Phi) is 4.53. The average Bonchev–Trinajstić information content (AvgIpc) is 3.00. The second kappa shape index (κ2) is 6.59. The van der Waals surface area contributed by atoms with Gasteiger partial charge in [0.1, 0.15) is 18.2 Å². The van der Waals surface area contributed by atoms with Crippen molar-refractivity contribution < 1.29 is 17.5 Å². The maximum Gasteiger partial charge on any atom is 0.218 e. The van der Waals surface area contributed by atoms with Gasteiger partial charge in [0.15, 0.2) is 0 Å². The van der Waals surface area contributed by atoms with Crippen molar-refractivity contribution in [2.45, 2.75) is 18.3 Å². The summed E-state index contributed by atoms with van der Waals surface area (Å²) in [4.78, 5) is 7.75. The average molecular weight is 337 g/mol. The lowest BCUT2D eigenvalue weighted by molar-refractivity contribution is 0.206. The molecule has 1 aliphatic rings. The van der Waals surface area contributed by atoms with E-state index in [1.54, 1.807) is 18.3 Å². The highest BCUT2D eigenvalue weighted by Crippen LogP contribution is 2.21. The predicted octanol–water partition coefficient (Wildman–Crippen LogP) is 1.60. The van der Waals surface area contributed by atoms with E-state index in [1.165, 1.54) is 28.8 Å². The summed E-state index contributed by atoms with van der Waals surface area (Å²) >= 11 is 0. The van der Waals surface area contributed by atoms with E-state index in [0.717, 1.165) is 0 Å². The van der Waals surface area contributed by atoms with Crippen molar-refractivity contribution in [3.05, 3.63) is 54.2 Å². The predicted molar refractivity (Wildman–Crippen MR) is 81.7 cm³/mol. The van der Waals surface area contributed by atoms with E-state index in [4.69, 9.17) is 4.74 Å². The molecule has 0 radical (unpaired) electrons. The monoisotopic (exact) mass is 337 g/mol. The maximum absolute atomic E-state index is 13.6. The third-order valence-corrected chi connectivity index (χ3v) is 5.43. The van der Waals surface area contributed by atoms with Crippen molar-refractivity contribution in [1.82, 2.24) is 14.3 Å². The summed E-state index contributed by atoms with van der Waals surface area (Å²) in [6, 6.07) is 7.52. The molecule has 8 heteroatoms. The molecule has 1 aliphatic heterocycles. The van der Waals surface area contributed by atoms with Crippen molar-refractivity contribution in [1.29, 1.82) is 0 Å². The molecule has 0 bridgehead atoms. The van der Waals surface area contributed by atoms with Crippen LogP contribution in [-0.4, -0.2) is 41.9 Å². The van der Waals surface area contributed by atoms with E-state index in [1.807, 2.05) is 0 Å². The van der Waals surface area contributed by atoms with Crippen LogP contribution in [0.2, 0.25) is 0 Å². The van der Waals surface area contributed by atoms with Gasteiger partial charge in [0, 0.05) is 24.4 Å². The highest BCUT2D eigenvalue weighted by atomic mass is 32.2. The number of ether oxygens (including phenoxy) is 1. The van der Waals surface area contributed by atoms with Crippen LogP contribution in [0.5, 0.6) is 5.88 Å². The smallest absolute Gasteiger partial charge is 0.218 e. The van der Waals surface area contributed by atoms with E-state index >= 15 is 0 Å². The molecule has 0 unspecified atom stereocenters. The minimum Gasteiger partial charge on any atom is -0.473 e. The third-order valence-electron chi connectivity index (χ3n) is 3.64. The van der Waals surface area contributed by atoms with Crippen molar-refractivity contribution >= 4 is 10.0 Å². The van der Waals surface area contributed by atoms with Gasteiger partial charge >= 0.3 is 0 Å². The van der Waals surface area contributed by atoms with E-state index in [0.29, 0.717) is 18.8 Å². The van der Waals surface area contributed by atoms with Gasteiger partial charge in [0.2, 0.25) is 15.9 Å². The molecule has 0 saturated carbocycles. The van der Waals surface area contributed by atoms with Crippen molar-refractivity contribution in [2.24, 2.45) is 0 Å². The Morgan fingerprint density at radius 1 is 1.30 bits per heavy atom. The second-order valence-electron chi connectivity index (χ2n) is 5.28. The van der Waals surface area contributed by atoms with Crippen LogP contribution in [0.15, 0.2) is 42.9 Å². The van der Waals surface area contributed by atoms with Crippen LogP contribution < -0.4 is 4.74 Å². The largest absolute Gasteiger partial charge is 0.473 e. The van der Waals surface area contributed by atoms with Crippen molar-refractivity contribution in [3.8, 4) is 5.88 Å². The first-order valence-corrected chi connectivity index (χ1v) is 8.79. The standard InChI is InChI=1S/C15H16FN3O3S/c16-14-4-2-1-3-12(14)10-23(20,21)19-8-6-13(9-19)22-15-5-7-17-11-18-15/h1-5,7,11,13H,6,8-10H2/t13-/m1/s1. The Hall–Kier alpha value is -2.06. The number of rotatable bonds is 5. The lowest BCUT2D eigenvalue weighted by atomic mass is 10.2. The van der Waals surface area contributed by atoms with Crippen molar-refractivity contribution in [3.63, 3.8) is 0 Å². The third kappa shape index (κ3) is 3.83. The number of aromatic nitrogens is 2. The Bertz CT molecular complexity index is 771. The minimum atomic E-state index is -3.58. The molecule has 2 heterocycles. The lowest BCUT2D eigenvalue weighted by Gasteiger charge is -2.17. The first-order chi connectivity index (χ1) is 11.0. The maximum atomic E-state index is 13.6. The molecule has 23 heavy (non-hydrogen) atoms. The number of nitrogens with zero attached hydrogens (tertiary/aromatic N) is 3. The lowest BCUT2D eigenvalue weighted by Crippen LogP contribution is -2.32. The van der Waals surface area contributed by atoms with Crippen LogP contribution in [0.1, 0.15) is 12.0 Å². The van der Waals surface area contributed by atoms with E-state index in [-0.39, 0.29) is 24.0 Å². The minimum absolute atomic E-state index is 0.174. The zero-order valence-corrected chi connectivity index (χ0v) is 13.1. The summed E-state index contributed by atoms with van der Waals surface area (Å²) in [5, 5.41) is 0. The van der Waals surface area contributed by atoms with Gasteiger partial charge in [0.25, 0.3) is 0 Å². The molecule has 1 aromatic carbocycles. The van der Waals surface area contributed by atoms with Gasteiger partial charge in [-0.25, -0.2) is 22.8 Å². The summed E-state index contributed by atoms with van der Waals surface area (Å²) in [6.07, 6.45) is 3.24. The second-order valence-corrected chi connectivity index (χ2v) is 7.25. The molecule has 0 aliphatic carbocycles. The van der Waals surface area contributed by atoms with E-state index < -0.39 is 15.8 Å². The van der Waals surface area contributed by atoms with Gasteiger partial charge in [-0.3, -0.25) is 0 Å². The normalized spacial score (nSPS) is 18.9. The first-order valence-electron chi connectivity index (χ1n) is 7.18. The molecule has 1 fully saturated rings. The quantitative estimate of drug-likeness (QED) is 0.829. The fourth-order valence-corrected chi connectivity index (χ4v) is 4.06. The Morgan fingerprint density at radius 3 is 2.87 bits per heavy atom. The summed E-state index contributed by atoms with van der Waals surface area (Å²) < 4.78 is 45.5. The van der Waals surface area contributed by atoms with E-state index in [9.17, 15) is 12.8 Å². The number of benzene rings is 1. The number of halogens is 1. The summed E-state index contributed by atoms with van der Waals surface area (Å²) in [7, 11) is -3.58.